The Balaban J connectivity index is 1.27. The Morgan fingerprint density at radius 2 is 1.77 bits per heavy atom. The lowest BCUT2D eigenvalue weighted by molar-refractivity contribution is 0.298. The molecule has 3 aromatic rings. The van der Waals surface area contributed by atoms with Gasteiger partial charge in [-0.1, -0.05) is 0 Å². The number of aromatic nitrogens is 6. The Morgan fingerprint density at radius 3 is 2.54 bits per heavy atom. The van der Waals surface area contributed by atoms with Gasteiger partial charge in [0.05, 0.1) is 12.2 Å². The molecule has 134 valence electrons. The Morgan fingerprint density at radius 1 is 0.962 bits per heavy atom. The van der Waals surface area contributed by atoms with Gasteiger partial charge in [0.15, 0.2) is 11.5 Å². The number of aryl methyl sites for hydroxylation is 2. The van der Waals surface area contributed by atoms with Crippen molar-refractivity contribution in [1.82, 2.24) is 34.7 Å². The van der Waals surface area contributed by atoms with Crippen LogP contribution in [0.25, 0.3) is 5.65 Å². The Labute approximate surface area is 151 Å². The summed E-state index contributed by atoms with van der Waals surface area (Å²) in [6.07, 6.45) is 1.66. The third-order valence-electron chi connectivity index (χ3n) is 5.50. The van der Waals surface area contributed by atoms with E-state index in [4.69, 9.17) is 0 Å². The minimum absolute atomic E-state index is 0.680. The Hall–Kier alpha value is -2.61. The van der Waals surface area contributed by atoms with Crippen molar-refractivity contribution >= 4 is 11.5 Å². The molecule has 0 spiro atoms. The summed E-state index contributed by atoms with van der Waals surface area (Å²) in [5.74, 6) is 3.34. The van der Waals surface area contributed by atoms with Crippen LogP contribution in [-0.4, -0.2) is 60.9 Å². The van der Waals surface area contributed by atoms with Crippen LogP contribution in [0.15, 0.2) is 24.5 Å². The van der Waals surface area contributed by atoms with Crippen LogP contribution in [0.3, 0.4) is 0 Å². The van der Waals surface area contributed by atoms with E-state index in [0.29, 0.717) is 11.8 Å². The highest BCUT2D eigenvalue weighted by Crippen LogP contribution is 2.33. The Kier molecular flexibility index (Phi) is 3.59. The highest BCUT2D eigenvalue weighted by molar-refractivity contribution is 5.41. The SMILES string of the molecule is Cc1cc(N2CC3CN(Cc4nnc5ccc(C)nn45)CC3C2)ncn1. The van der Waals surface area contributed by atoms with Crippen molar-refractivity contribution in [2.45, 2.75) is 20.4 Å². The number of anilines is 1. The number of hydrogen-bond acceptors (Lipinski definition) is 7. The second-order valence-electron chi connectivity index (χ2n) is 7.50. The molecule has 2 aliphatic rings. The van der Waals surface area contributed by atoms with E-state index in [1.54, 1.807) is 6.33 Å². The fourth-order valence-corrected chi connectivity index (χ4v) is 4.24. The number of fused-ring (bicyclic) bond motifs is 2. The van der Waals surface area contributed by atoms with Crippen LogP contribution in [-0.2, 0) is 6.54 Å². The predicted molar refractivity (Wildman–Crippen MR) is 96.8 cm³/mol. The molecule has 26 heavy (non-hydrogen) atoms. The van der Waals surface area contributed by atoms with Crippen molar-refractivity contribution in [2.75, 3.05) is 31.1 Å². The molecule has 2 atom stereocenters. The molecule has 3 aromatic heterocycles. The summed E-state index contributed by atoms with van der Waals surface area (Å²) in [7, 11) is 0. The summed E-state index contributed by atoms with van der Waals surface area (Å²) < 4.78 is 1.87. The quantitative estimate of drug-likeness (QED) is 0.700. The number of rotatable bonds is 3. The van der Waals surface area contributed by atoms with Gasteiger partial charge in [-0.2, -0.15) is 9.61 Å². The minimum Gasteiger partial charge on any atom is -0.356 e. The average Bonchev–Trinajstić information content (AvgIpc) is 3.29. The molecule has 2 unspecified atom stereocenters. The normalized spacial score (nSPS) is 23.1. The van der Waals surface area contributed by atoms with E-state index in [1.807, 2.05) is 30.5 Å². The van der Waals surface area contributed by atoms with Crippen molar-refractivity contribution < 1.29 is 0 Å². The first-order valence-corrected chi connectivity index (χ1v) is 9.09. The van der Waals surface area contributed by atoms with Gasteiger partial charge in [-0.3, -0.25) is 4.90 Å². The molecule has 0 amide bonds. The van der Waals surface area contributed by atoms with Crippen LogP contribution >= 0.6 is 0 Å². The third kappa shape index (κ3) is 2.70. The molecule has 2 saturated heterocycles. The zero-order valence-corrected chi connectivity index (χ0v) is 15.1. The van der Waals surface area contributed by atoms with Crippen LogP contribution in [0.1, 0.15) is 17.2 Å². The zero-order valence-electron chi connectivity index (χ0n) is 15.1. The lowest BCUT2D eigenvalue weighted by atomic mass is 10.0. The number of likely N-dealkylation sites (tertiary alicyclic amines) is 1. The van der Waals surface area contributed by atoms with E-state index in [2.05, 4.69) is 41.1 Å². The molecule has 0 aliphatic carbocycles. The summed E-state index contributed by atoms with van der Waals surface area (Å²) >= 11 is 0. The second kappa shape index (κ2) is 5.98. The van der Waals surface area contributed by atoms with Gasteiger partial charge >= 0.3 is 0 Å². The minimum atomic E-state index is 0.680. The van der Waals surface area contributed by atoms with E-state index in [-0.39, 0.29) is 0 Å². The molecule has 5 heterocycles. The molecule has 8 nitrogen and oxygen atoms in total. The average molecular weight is 350 g/mol. The summed E-state index contributed by atoms with van der Waals surface area (Å²) in [6.45, 7) is 9.12. The van der Waals surface area contributed by atoms with Gasteiger partial charge in [-0.25, -0.2) is 9.97 Å². The van der Waals surface area contributed by atoms with Crippen LogP contribution in [0.4, 0.5) is 5.82 Å². The third-order valence-corrected chi connectivity index (χ3v) is 5.50. The van der Waals surface area contributed by atoms with Crippen LogP contribution in [0.2, 0.25) is 0 Å². The largest absolute Gasteiger partial charge is 0.356 e. The summed E-state index contributed by atoms with van der Waals surface area (Å²) in [5.41, 5.74) is 2.82. The molecule has 0 saturated carbocycles. The van der Waals surface area contributed by atoms with Gasteiger partial charge in [-0.15, -0.1) is 10.2 Å². The van der Waals surface area contributed by atoms with Gasteiger partial charge in [0.25, 0.3) is 0 Å². The summed E-state index contributed by atoms with van der Waals surface area (Å²) in [5, 5.41) is 13.1. The standard InChI is InChI=1S/C18H22N8/c1-12-3-4-16-21-22-18(26(16)23-12)10-24-6-14-8-25(9-15(14)7-24)17-5-13(2)19-11-20-17/h3-5,11,14-15H,6-10H2,1-2H3. The number of hydrogen-bond donors (Lipinski definition) is 0. The predicted octanol–water partition coefficient (Wildman–Crippen LogP) is 1.10. The van der Waals surface area contributed by atoms with Crippen molar-refractivity contribution in [1.29, 1.82) is 0 Å². The van der Waals surface area contributed by atoms with Crippen molar-refractivity contribution in [2.24, 2.45) is 11.8 Å². The van der Waals surface area contributed by atoms with Crippen LogP contribution in [0.5, 0.6) is 0 Å². The second-order valence-corrected chi connectivity index (χ2v) is 7.50. The molecule has 5 rings (SSSR count). The molecular formula is C18H22N8. The molecule has 0 radical (unpaired) electrons. The maximum absolute atomic E-state index is 4.55. The van der Waals surface area contributed by atoms with Gasteiger partial charge in [-0.05, 0) is 37.8 Å². The van der Waals surface area contributed by atoms with Crippen LogP contribution < -0.4 is 4.90 Å². The Bertz CT molecular complexity index is 937. The molecule has 2 fully saturated rings. The summed E-state index contributed by atoms with van der Waals surface area (Å²) in [4.78, 5) is 13.5. The van der Waals surface area contributed by atoms with E-state index >= 15 is 0 Å². The van der Waals surface area contributed by atoms with Crippen molar-refractivity contribution in [3.05, 3.63) is 41.7 Å². The molecule has 8 heteroatoms. The van der Waals surface area contributed by atoms with Gasteiger partial charge < -0.3 is 4.90 Å². The van der Waals surface area contributed by atoms with Crippen molar-refractivity contribution in [3.63, 3.8) is 0 Å². The number of nitrogens with zero attached hydrogens (tertiary/aromatic N) is 8. The molecule has 0 bridgehead atoms. The first-order chi connectivity index (χ1) is 12.7. The van der Waals surface area contributed by atoms with E-state index < -0.39 is 0 Å². The van der Waals surface area contributed by atoms with Crippen molar-refractivity contribution in [3.8, 4) is 0 Å². The van der Waals surface area contributed by atoms with Gasteiger partial charge in [0.2, 0.25) is 0 Å². The lowest BCUT2D eigenvalue weighted by Gasteiger charge is -2.21. The lowest BCUT2D eigenvalue weighted by Crippen LogP contribution is -2.29. The smallest absolute Gasteiger partial charge is 0.177 e. The molecule has 0 aromatic carbocycles. The fourth-order valence-electron chi connectivity index (χ4n) is 4.24. The maximum atomic E-state index is 4.55. The molecule has 2 aliphatic heterocycles. The fraction of sp³-hybridized carbons (Fsp3) is 0.500. The van der Waals surface area contributed by atoms with Gasteiger partial charge in [0, 0.05) is 37.9 Å². The van der Waals surface area contributed by atoms with E-state index in [9.17, 15) is 0 Å². The van der Waals surface area contributed by atoms with E-state index in [1.165, 1.54) is 0 Å². The molecule has 0 N–H and O–H groups in total. The monoisotopic (exact) mass is 350 g/mol. The zero-order chi connectivity index (χ0) is 17.7. The first-order valence-electron chi connectivity index (χ1n) is 9.09. The maximum Gasteiger partial charge on any atom is 0.177 e. The highest BCUT2D eigenvalue weighted by Gasteiger charge is 2.40. The molecular weight excluding hydrogens is 328 g/mol. The first kappa shape index (κ1) is 15.6. The van der Waals surface area contributed by atoms with Gasteiger partial charge in [0.1, 0.15) is 12.1 Å². The summed E-state index contributed by atoms with van der Waals surface area (Å²) in [6, 6.07) is 6.02. The highest BCUT2D eigenvalue weighted by atomic mass is 15.4. The van der Waals surface area contributed by atoms with Crippen LogP contribution in [0, 0.1) is 25.7 Å². The van der Waals surface area contributed by atoms with E-state index in [0.717, 1.165) is 61.4 Å². The topological polar surface area (TPSA) is 75.3 Å².